The third kappa shape index (κ3) is 5.01. The Morgan fingerprint density at radius 2 is 0.912 bits per heavy atom. The van der Waals surface area contributed by atoms with E-state index in [0.717, 1.165) is 10.8 Å². The van der Waals surface area contributed by atoms with Crippen molar-refractivity contribution in [2.24, 2.45) is 0 Å². The van der Waals surface area contributed by atoms with E-state index in [2.05, 4.69) is 109 Å². The van der Waals surface area contributed by atoms with Crippen LogP contribution in [-0.4, -0.2) is 5.11 Å². The minimum atomic E-state index is -0.575. The molecule has 1 nitrogen and oxygen atoms in total. The zero-order chi connectivity index (χ0) is 23.2. The Morgan fingerprint density at radius 3 is 1.50 bits per heavy atom. The van der Waals surface area contributed by atoms with Crippen LogP contribution in [0.4, 0.5) is 0 Å². The number of fused-ring (bicyclic) bond motifs is 2. The van der Waals surface area contributed by atoms with Gasteiger partial charge in [-0.3, -0.25) is 0 Å². The molecule has 162 valence electrons. The summed E-state index contributed by atoms with van der Waals surface area (Å²) < 4.78 is 0. The first-order valence-corrected chi connectivity index (χ1v) is 12.5. The van der Waals surface area contributed by atoms with Crippen molar-refractivity contribution in [2.45, 2.75) is 0 Å². The molecular weight excluding hydrogens is 431 g/mol. The van der Waals surface area contributed by atoms with Crippen LogP contribution in [0.2, 0.25) is 0 Å². The lowest BCUT2D eigenvalue weighted by Gasteiger charge is -2.19. The molecule has 6 aromatic rings. The van der Waals surface area contributed by atoms with Gasteiger partial charge in [-0.05, 0) is 57.5 Å². The van der Waals surface area contributed by atoms with E-state index in [1.54, 1.807) is 6.07 Å². The Morgan fingerprint density at radius 1 is 0.441 bits per heavy atom. The molecule has 34 heavy (non-hydrogen) atoms. The highest BCUT2D eigenvalue weighted by atomic mass is 31.1. The van der Waals surface area contributed by atoms with Crippen molar-refractivity contribution in [3.63, 3.8) is 0 Å². The van der Waals surface area contributed by atoms with Crippen molar-refractivity contribution in [1.29, 1.82) is 0 Å². The van der Waals surface area contributed by atoms with Crippen LogP contribution in [-0.2, 0) is 0 Å². The summed E-state index contributed by atoms with van der Waals surface area (Å²) >= 11 is 0. The van der Waals surface area contributed by atoms with Gasteiger partial charge in [0.2, 0.25) is 0 Å². The van der Waals surface area contributed by atoms with Gasteiger partial charge >= 0.3 is 0 Å². The van der Waals surface area contributed by atoms with E-state index in [9.17, 15) is 0 Å². The van der Waals surface area contributed by atoms with Crippen LogP contribution in [0.5, 0.6) is 5.75 Å². The molecule has 2 heteroatoms. The molecule has 0 fully saturated rings. The highest BCUT2D eigenvalue weighted by Crippen LogP contribution is 2.33. The van der Waals surface area contributed by atoms with Crippen LogP contribution in [0, 0.1) is 12.1 Å². The van der Waals surface area contributed by atoms with Gasteiger partial charge in [0.05, 0.1) is 0 Å². The number of phenols is 1. The van der Waals surface area contributed by atoms with Gasteiger partial charge in [0.1, 0.15) is 5.75 Å². The highest BCUT2D eigenvalue weighted by molar-refractivity contribution is 7.79. The Labute approximate surface area is 201 Å². The molecule has 0 aliphatic heterocycles. The number of rotatable bonds is 3. The fourth-order valence-electron chi connectivity index (χ4n) is 3.92. The molecule has 1 N–H and O–H groups in total. The summed E-state index contributed by atoms with van der Waals surface area (Å²) in [5.41, 5.74) is 0. The summed E-state index contributed by atoms with van der Waals surface area (Å²) in [5.74, 6) is 0.198. The maximum absolute atomic E-state index is 9.07. The van der Waals surface area contributed by atoms with E-state index < -0.39 is 7.92 Å². The summed E-state index contributed by atoms with van der Waals surface area (Å²) in [4.78, 5) is 0. The van der Waals surface area contributed by atoms with Gasteiger partial charge in [-0.25, -0.2) is 0 Å². The zero-order valence-corrected chi connectivity index (χ0v) is 19.5. The van der Waals surface area contributed by atoms with Crippen molar-refractivity contribution >= 4 is 45.4 Å². The number of hydrogen-bond acceptors (Lipinski definition) is 1. The number of hydrogen-bond donors (Lipinski definition) is 1. The normalized spacial score (nSPS) is 10.7. The molecular formula is C32H23OP. The molecule has 0 atom stereocenters. The molecule has 6 rings (SSSR count). The van der Waals surface area contributed by atoms with Crippen LogP contribution in [0.15, 0.2) is 133 Å². The van der Waals surface area contributed by atoms with Crippen LogP contribution < -0.4 is 15.9 Å². The number of benzene rings is 6. The highest BCUT2D eigenvalue weighted by Gasteiger charge is 2.16. The third-order valence-corrected chi connectivity index (χ3v) is 7.93. The van der Waals surface area contributed by atoms with Gasteiger partial charge in [0.25, 0.3) is 0 Å². The zero-order valence-electron chi connectivity index (χ0n) is 18.6. The molecule has 6 aromatic carbocycles. The predicted molar refractivity (Wildman–Crippen MR) is 146 cm³/mol. The van der Waals surface area contributed by atoms with Crippen LogP contribution in [0.25, 0.3) is 21.5 Å². The van der Waals surface area contributed by atoms with Crippen molar-refractivity contribution < 1.29 is 5.11 Å². The predicted octanol–water partition coefficient (Wildman–Crippen LogP) is 6.74. The summed E-state index contributed by atoms with van der Waals surface area (Å²) in [7, 11) is -0.575. The van der Waals surface area contributed by atoms with E-state index in [1.165, 1.54) is 26.7 Å². The van der Waals surface area contributed by atoms with E-state index in [4.69, 9.17) is 5.11 Å². The van der Waals surface area contributed by atoms with Gasteiger partial charge in [-0.2, -0.15) is 0 Å². The first-order valence-electron chi connectivity index (χ1n) is 11.2. The Balaban J connectivity index is 0.000000183. The first-order chi connectivity index (χ1) is 16.8. The Kier molecular flexibility index (Phi) is 6.66. The van der Waals surface area contributed by atoms with Gasteiger partial charge in [0, 0.05) is 6.07 Å². The number of phenolic OH excluding ortho intramolecular Hbond substituents is 1. The molecule has 0 heterocycles. The first kappa shape index (κ1) is 21.9. The quantitative estimate of drug-likeness (QED) is 0.294. The summed E-state index contributed by atoms with van der Waals surface area (Å²) in [6, 6.07) is 52.2. The van der Waals surface area contributed by atoms with E-state index >= 15 is 0 Å². The van der Waals surface area contributed by atoms with Crippen molar-refractivity contribution in [1.82, 2.24) is 0 Å². The fourth-order valence-corrected chi connectivity index (χ4v) is 6.17. The lowest BCUT2D eigenvalue weighted by atomic mass is 10.1. The van der Waals surface area contributed by atoms with E-state index in [-0.39, 0.29) is 5.75 Å². The lowest BCUT2D eigenvalue weighted by Crippen LogP contribution is -2.20. The van der Waals surface area contributed by atoms with Crippen LogP contribution >= 0.6 is 7.92 Å². The van der Waals surface area contributed by atoms with Crippen molar-refractivity contribution in [3.05, 3.63) is 146 Å². The van der Waals surface area contributed by atoms with Crippen LogP contribution in [0.1, 0.15) is 0 Å². The minimum absolute atomic E-state index is 0.198. The molecule has 2 radical (unpaired) electrons. The minimum Gasteiger partial charge on any atom is -0.507 e. The van der Waals surface area contributed by atoms with Gasteiger partial charge in [-0.15, -0.1) is 0 Å². The Bertz CT molecular complexity index is 1470. The van der Waals surface area contributed by atoms with E-state index in [0.29, 0.717) is 0 Å². The molecule has 0 saturated heterocycles. The fraction of sp³-hybridized carbons (Fsp3) is 0. The average Bonchev–Trinajstić information content (AvgIpc) is 2.90. The third-order valence-electron chi connectivity index (χ3n) is 5.56. The van der Waals surface area contributed by atoms with E-state index in [1.807, 2.05) is 30.3 Å². The molecule has 0 amide bonds. The summed E-state index contributed by atoms with van der Waals surface area (Å²) in [5, 5.41) is 17.6. The summed E-state index contributed by atoms with van der Waals surface area (Å²) in [6.45, 7) is 0. The molecule has 0 spiro atoms. The lowest BCUT2D eigenvalue weighted by molar-refractivity contribution is 0.475. The van der Waals surface area contributed by atoms with Crippen molar-refractivity contribution in [3.8, 4) is 5.75 Å². The second kappa shape index (κ2) is 10.3. The average molecular weight is 455 g/mol. The van der Waals surface area contributed by atoms with Crippen molar-refractivity contribution in [2.75, 3.05) is 0 Å². The van der Waals surface area contributed by atoms with Crippen LogP contribution in [0.3, 0.4) is 0 Å². The SMILES string of the molecule is Oc1[c]c2ccccc2cc1.[c]1c(P(c2ccccc2)c2ccccc2)ccc2ccccc12. The standard InChI is InChI=1S/C22H16P.C10H7O/c1-3-11-20(12-4-1)23(21-13-5-2-6-14-21)22-16-15-18-9-7-8-10-19(18)17-22;11-10-6-5-8-3-1-2-4-9(8)7-10/h1-16H;1-6,11H. The monoisotopic (exact) mass is 454 g/mol. The molecule has 0 aliphatic rings. The van der Waals surface area contributed by atoms with Gasteiger partial charge in [-0.1, -0.05) is 127 Å². The molecule has 0 bridgehead atoms. The van der Waals surface area contributed by atoms with Gasteiger partial charge in [0.15, 0.2) is 0 Å². The molecule has 0 aromatic heterocycles. The Hall–Kier alpha value is -3.93. The summed E-state index contributed by atoms with van der Waals surface area (Å²) in [6.07, 6.45) is 0. The molecule has 0 aliphatic carbocycles. The van der Waals surface area contributed by atoms with Gasteiger partial charge < -0.3 is 5.11 Å². The molecule has 0 saturated carbocycles. The molecule has 0 unspecified atom stereocenters. The second-order valence-electron chi connectivity index (χ2n) is 7.87. The number of aromatic hydroxyl groups is 1. The second-order valence-corrected chi connectivity index (χ2v) is 10.1. The maximum Gasteiger partial charge on any atom is 0.124 e. The largest absolute Gasteiger partial charge is 0.507 e. The topological polar surface area (TPSA) is 20.2 Å². The maximum atomic E-state index is 9.07. The smallest absolute Gasteiger partial charge is 0.124 e.